The first-order chi connectivity index (χ1) is 13.6. The molecule has 0 saturated carbocycles. The number of pyridine rings is 1. The van der Waals surface area contributed by atoms with Crippen molar-refractivity contribution in [3.05, 3.63) is 53.7 Å². The highest BCUT2D eigenvalue weighted by Gasteiger charge is 2.29. The first kappa shape index (κ1) is 16.7. The maximum atomic E-state index is 12.7. The van der Waals surface area contributed by atoms with Gasteiger partial charge in [0, 0.05) is 31.7 Å². The van der Waals surface area contributed by atoms with Crippen molar-refractivity contribution in [3.8, 4) is 0 Å². The first-order valence-electron chi connectivity index (χ1n) is 9.26. The monoisotopic (exact) mass is 376 g/mol. The lowest BCUT2D eigenvalue weighted by Crippen LogP contribution is -2.52. The smallest absolute Gasteiger partial charge is 0.270 e. The molecule has 4 aromatic rings. The van der Waals surface area contributed by atoms with E-state index in [1.54, 1.807) is 4.52 Å². The molecule has 142 valence electrons. The van der Waals surface area contributed by atoms with Crippen LogP contribution in [0.1, 0.15) is 22.0 Å². The van der Waals surface area contributed by atoms with Crippen LogP contribution in [-0.4, -0.2) is 54.7 Å². The molecule has 28 heavy (non-hydrogen) atoms. The van der Waals surface area contributed by atoms with Gasteiger partial charge in [-0.05, 0) is 38.1 Å². The zero-order valence-electron chi connectivity index (χ0n) is 15.7. The molecule has 5 heterocycles. The average molecular weight is 376 g/mol. The Kier molecular flexibility index (Phi) is 3.75. The fourth-order valence-electron chi connectivity index (χ4n) is 3.65. The van der Waals surface area contributed by atoms with E-state index in [1.165, 1.54) is 0 Å². The van der Waals surface area contributed by atoms with Crippen LogP contribution in [0.2, 0.25) is 0 Å². The molecule has 9 nitrogen and oxygen atoms in total. The van der Waals surface area contributed by atoms with Crippen LogP contribution in [0.25, 0.3) is 11.3 Å². The number of nitrogens with one attached hydrogen (secondary N) is 1. The van der Waals surface area contributed by atoms with Gasteiger partial charge < -0.3 is 10.2 Å². The van der Waals surface area contributed by atoms with E-state index in [0.717, 1.165) is 41.7 Å². The van der Waals surface area contributed by atoms with Crippen LogP contribution in [0.5, 0.6) is 0 Å². The number of amides is 1. The molecule has 1 amide bonds. The summed E-state index contributed by atoms with van der Waals surface area (Å²) in [5, 5.41) is 15.7. The van der Waals surface area contributed by atoms with Crippen molar-refractivity contribution in [3.63, 3.8) is 0 Å². The second kappa shape index (κ2) is 6.29. The van der Waals surface area contributed by atoms with Crippen LogP contribution in [0.15, 0.2) is 36.5 Å². The van der Waals surface area contributed by atoms with Crippen LogP contribution in [0.3, 0.4) is 0 Å². The third-order valence-corrected chi connectivity index (χ3v) is 5.16. The van der Waals surface area contributed by atoms with Crippen LogP contribution in [0, 0.1) is 19.8 Å². The van der Waals surface area contributed by atoms with Gasteiger partial charge in [-0.25, -0.2) is 4.98 Å². The van der Waals surface area contributed by atoms with Crippen molar-refractivity contribution in [1.82, 2.24) is 34.5 Å². The highest BCUT2D eigenvalue weighted by Crippen LogP contribution is 2.22. The van der Waals surface area contributed by atoms with E-state index in [-0.39, 0.29) is 5.91 Å². The van der Waals surface area contributed by atoms with Gasteiger partial charge in [0.2, 0.25) is 0 Å². The number of fused-ring (bicyclic) bond motifs is 2. The number of carbonyl (C=O) groups is 1. The molecule has 0 spiro atoms. The maximum absolute atomic E-state index is 12.7. The predicted molar refractivity (Wildman–Crippen MR) is 103 cm³/mol. The molecule has 1 aliphatic rings. The number of hydrogen-bond acceptors (Lipinski definition) is 6. The van der Waals surface area contributed by atoms with Crippen molar-refractivity contribution in [2.45, 2.75) is 13.8 Å². The molecule has 1 N–H and O–H groups in total. The number of hydrogen-bond donors (Lipinski definition) is 1. The lowest BCUT2D eigenvalue weighted by atomic mass is 10.0. The van der Waals surface area contributed by atoms with E-state index in [1.807, 2.05) is 54.8 Å². The molecule has 0 atom stereocenters. The second-order valence-electron chi connectivity index (χ2n) is 7.16. The summed E-state index contributed by atoms with van der Waals surface area (Å²) >= 11 is 0. The zero-order valence-corrected chi connectivity index (χ0v) is 15.7. The summed E-state index contributed by atoms with van der Waals surface area (Å²) in [6.07, 6.45) is 1.87. The molecule has 1 aliphatic heterocycles. The third-order valence-electron chi connectivity index (χ3n) is 5.16. The molecule has 0 aromatic carbocycles. The number of carbonyl (C=O) groups excluding carboxylic acids is 1. The molecule has 0 aliphatic carbocycles. The Hall–Kier alpha value is -3.49. The summed E-state index contributed by atoms with van der Waals surface area (Å²) in [4.78, 5) is 19.3. The van der Waals surface area contributed by atoms with Gasteiger partial charge in [0.15, 0.2) is 11.5 Å². The van der Waals surface area contributed by atoms with Gasteiger partial charge in [0.05, 0.1) is 5.69 Å². The molecule has 1 saturated heterocycles. The molecule has 9 heteroatoms. The minimum Gasteiger partial charge on any atom is -0.354 e. The van der Waals surface area contributed by atoms with Gasteiger partial charge >= 0.3 is 0 Å². The summed E-state index contributed by atoms with van der Waals surface area (Å²) in [6, 6.07) is 9.59. The van der Waals surface area contributed by atoms with E-state index in [4.69, 9.17) is 0 Å². The Morgan fingerprint density at radius 1 is 1.14 bits per heavy atom. The van der Waals surface area contributed by atoms with E-state index in [2.05, 4.69) is 30.5 Å². The van der Waals surface area contributed by atoms with Gasteiger partial charge in [0.25, 0.3) is 5.91 Å². The van der Waals surface area contributed by atoms with E-state index < -0.39 is 0 Å². The van der Waals surface area contributed by atoms with Gasteiger partial charge in [-0.1, -0.05) is 6.07 Å². The molecule has 0 radical (unpaired) electrons. The third kappa shape index (κ3) is 2.67. The first-order valence-corrected chi connectivity index (χ1v) is 9.26. The summed E-state index contributed by atoms with van der Waals surface area (Å²) in [5.41, 5.74) is 2.86. The lowest BCUT2D eigenvalue weighted by Gasteiger charge is -2.40. The van der Waals surface area contributed by atoms with Gasteiger partial charge in [-0.2, -0.15) is 4.52 Å². The normalized spacial score (nSPS) is 14.6. The van der Waals surface area contributed by atoms with E-state index in [0.29, 0.717) is 18.2 Å². The van der Waals surface area contributed by atoms with Gasteiger partial charge in [-0.15, -0.1) is 15.3 Å². The fourth-order valence-corrected chi connectivity index (χ4v) is 3.65. The SMILES string of the molecule is Cc1nc2ccccn2c1C(=O)NCC1CN(c2ccc3nnc(C)n3n2)C1. The number of imidazole rings is 1. The van der Waals surface area contributed by atoms with Crippen LogP contribution >= 0.6 is 0 Å². The molecule has 5 rings (SSSR count). The highest BCUT2D eigenvalue weighted by molar-refractivity contribution is 5.94. The fraction of sp³-hybridized carbons (Fsp3) is 0.316. The van der Waals surface area contributed by atoms with E-state index >= 15 is 0 Å². The largest absolute Gasteiger partial charge is 0.354 e. The Morgan fingerprint density at radius 3 is 2.86 bits per heavy atom. The van der Waals surface area contributed by atoms with Crippen molar-refractivity contribution in [2.75, 3.05) is 24.5 Å². The molecule has 0 unspecified atom stereocenters. The van der Waals surface area contributed by atoms with Crippen molar-refractivity contribution in [2.24, 2.45) is 5.92 Å². The summed E-state index contributed by atoms with van der Waals surface area (Å²) < 4.78 is 3.58. The molecule has 0 bridgehead atoms. The topological polar surface area (TPSA) is 92.7 Å². The Bertz CT molecular complexity index is 1190. The second-order valence-corrected chi connectivity index (χ2v) is 7.16. The minimum atomic E-state index is -0.0886. The van der Waals surface area contributed by atoms with E-state index in [9.17, 15) is 4.79 Å². The predicted octanol–water partition coefficient (Wildman–Crippen LogP) is 1.26. The van der Waals surface area contributed by atoms with Crippen molar-refractivity contribution in [1.29, 1.82) is 0 Å². The summed E-state index contributed by atoms with van der Waals surface area (Å²) in [6.45, 7) is 6.08. The number of nitrogens with zero attached hydrogens (tertiary/aromatic N) is 7. The molecular weight excluding hydrogens is 356 g/mol. The Balaban J connectivity index is 1.22. The Morgan fingerprint density at radius 2 is 2.00 bits per heavy atom. The highest BCUT2D eigenvalue weighted by atomic mass is 16.1. The van der Waals surface area contributed by atoms with Crippen molar-refractivity contribution >= 4 is 23.0 Å². The number of aryl methyl sites for hydroxylation is 2. The minimum absolute atomic E-state index is 0.0886. The van der Waals surface area contributed by atoms with Crippen molar-refractivity contribution < 1.29 is 4.79 Å². The zero-order chi connectivity index (χ0) is 19.3. The maximum Gasteiger partial charge on any atom is 0.270 e. The summed E-state index contributed by atoms with van der Waals surface area (Å²) in [5.74, 6) is 1.97. The summed E-state index contributed by atoms with van der Waals surface area (Å²) in [7, 11) is 0. The van der Waals surface area contributed by atoms with Gasteiger partial charge in [0.1, 0.15) is 17.2 Å². The van der Waals surface area contributed by atoms with Crippen LogP contribution < -0.4 is 10.2 Å². The number of anilines is 1. The quantitative estimate of drug-likeness (QED) is 0.576. The number of rotatable bonds is 4. The Labute approximate surface area is 161 Å². The average Bonchev–Trinajstić information content (AvgIpc) is 3.19. The molecule has 1 fully saturated rings. The molecule has 4 aromatic heterocycles. The lowest BCUT2D eigenvalue weighted by molar-refractivity contribution is 0.0938. The van der Waals surface area contributed by atoms with Crippen LogP contribution in [-0.2, 0) is 0 Å². The number of aromatic nitrogens is 6. The standard InChI is InChI=1S/C19H20N8O/c1-12-18(26-8-4-3-5-15(26)21-12)19(28)20-9-14-10-25(11-14)17-7-6-16-23-22-13(2)27(16)24-17/h3-8,14H,9-11H2,1-2H3,(H,20,28). The van der Waals surface area contributed by atoms with Crippen LogP contribution in [0.4, 0.5) is 5.82 Å². The van der Waals surface area contributed by atoms with Gasteiger partial charge in [-0.3, -0.25) is 9.20 Å². The molecular formula is C19H20N8O.